The van der Waals surface area contributed by atoms with E-state index < -0.39 is 34.0 Å². The molecule has 3 rings (SSSR count). The van der Waals surface area contributed by atoms with E-state index in [-0.39, 0.29) is 28.1 Å². The molecule has 0 aromatic heterocycles. The Morgan fingerprint density at radius 2 is 1.67 bits per heavy atom. The maximum Gasteiger partial charge on any atom is 0.416 e. The zero-order valence-corrected chi connectivity index (χ0v) is 24.4. The summed E-state index contributed by atoms with van der Waals surface area (Å²) < 4.78 is 62.0. The molecule has 0 saturated heterocycles. The van der Waals surface area contributed by atoms with Gasteiger partial charge in [-0.15, -0.1) is 0 Å². The Balaban J connectivity index is 1.83. The van der Waals surface area contributed by atoms with Crippen LogP contribution in [0.15, 0.2) is 58.1 Å². The first kappa shape index (κ1) is 32.2. The van der Waals surface area contributed by atoms with Crippen LogP contribution in [0, 0.1) is 10.1 Å². The lowest BCUT2D eigenvalue weighted by molar-refractivity contribution is -0.385. The number of alkyl halides is 3. The Kier molecular flexibility index (Phi) is 11.1. The van der Waals surface area contributed by atoms with Crippen molar-refractivity contribution in [2.45, 2.75) is 33.4 Å². The van der Waals surface area contributed by atoms with Gasteiger partial charge in [0.05, 0.1) is 41.0 Å². The molecule has 0 aliphatic heterocycles. The normalized spacial score (nSPS) is 11.3. The van der Waals surface area contributed by atoms with Crippen molar-refractivity contribution >= 4 is 33.7 Å². The van der Waals surface area contributed by atoms with Gasteiger partial charge in [-0.2, -0.15) is 18.3 Å². The second kappa shape index (κ2) is 14.5. The molecular formula is C28H27BrF3N3O7. The lowest BCUT2D eigenvalue weighted by Gasteiger charge is -2.15. The predicted octanol–water partition coefficient (Wildman–Crippen LogP) is 7.52. The van der Waals surface area contributed by atoms with Crippen molar-refractivity contribution in [3.63, 3.8) is 0 Å². The molecule has 1 amide bonds. The fourth-order valence-electron chi connectivity index (χ4n) is 3.54. The molecule has 3 aromatic rings. The van der Waals surface area contributed by atoms with Gasteiger partial charge in [-0.05, 0) is 84.2 Å². The van der Waals surface area contributed by atoms with Gasteiger partial charge in [0.15, 0.2) is 23.0 Å². The van der Waals surface area contributed by atoms with Crippen molar-refractivity contribution in [3.8, 4) is 28.7 Å². The van der Waals surface area contributed by atoms with Crippen LogP contribution >= 0.6 is 15.9 Å². The number of nitrogens with one attached hydrogen (secondary N) is 1. The number of rotatable bonds is 13. The van der Waals surface area contributed by atoms with Gasteiger partial charge in [0.2, 0.25) is 5.75 Å². The van der Waals surface area contributed by atoms with Crippen molar-refractivity contribution in [1.82, 2.24) is 5.43 Å². The minimum absolute atomic E-state index is 0.00488. The second-order valence-electron chi connectivity index (χ2n) is 8.44. The summed E-state index contributed by atoms with van der Waals surface area (Å²) in [4.78, 5) is 23.2. The third-order valence-electron chi connectivity index (χ3n) is 5.37. The average molecular weight is 654 g/mol. The minimum atomic E-state index is -4.77. The number of nitrogens with zero attached hydrogens (tertiary/aromatic N) is 2. The number of halogens is 4. The molecule has 0 bridgehead atoms. The molecular weight excluding hydrogens is 627 g/mol. The molecule has 3 aromatic carbocycles. The van der Waals surface area contributed by atoms with Crippen molar-refractivity contribution in [1.29, 1.82) is 0 Å². The summed E-state index contributed by atoms with van der Waals surface area (Å²) in [6.45, 7) is 6.54. The van der Waals surface area contributed by atoms with Gasteiger partial charge < -0.3 is 18.9 Å². The predicted molar refractivity (Wildman–Crippen MR) is 152 cm³/mol. The van der Waals surface area contributed by atoms with Crippen LogP contribution in [0.1, 0.15) is 48.7 Å². The summed E-state index contributed by atoms with van der Waals surface area (Å²) in [6.07, 6.45) is -2.63. The lowest BCUT2D eigenvalue weighted by atomic mass is 10.1. The average Bonchev–Trinajstić information content (AvgIpc) is 2.93. The highest BCUT2D eigenvalue weighted by atomic mass is 79.9. The van der Waals surface area contributed by atoms with E-state index in [1.54, 1.807) is 25.1 Å². The molecule has 0 saturated carbocycles. The minimum Gasteiger partial charge on any atom is -0.490 e. The second-order valence-corrected chi connectivity index (χ2v) is 9.30. The maximum absolute atomic E-state index is 13.1. The maximum atomic E-state index is 13.1. The summed E-state index contributed by atoms with van der Waals surface area (Å²) >= 11 is 3.31. The molecule has 0 heterocycles. The van der Waals surface area contributed by atoms with Gasteiger partial charge in [-0.3, -0.25) is 14.9 Å². The summed E-state index contributed by atoms with van der Waals surface area (Å²) in [5.74, 6) is 0.147. The zero-order valence-electron chi connectivity index (χ0n) is 22.8. The van der Waals surface area contributed by atoms with E-state index in [1.807, 2.05) is 13.8 Å². The molecule has 0 aliphatic carbocycles. The number of benzene rings is 3. The molecule has 0 aliphatic rings. The number of carbonyl (C=O) groups excluding carboxylic acids is 1. The monoisotopic (exact) mass is 653 g/mol. The van der Waals surface area contributed by atoms with Gasteiger partial charge in [0.25, 0.3) is 5.91 Å². The van der Waals surface area contributed by atoms with Crippen LogP contribution in [0.25, 0.3) is 0 Å². The van der Waals surface area contributed by atoms with E-state index >= 15 is 0 Å². The summed E-state index contributed by atoms with van der Waals surface area (Å²) in [6, 6.07) is 9.74. The third kappa shape index (κ3) is 8.35. The molecule has 0 atom stereocenters. The summed E-state index contributed by atoms with van der Waals surface area (Å²) in [5.41, 5.74) is 1.10. The fraction of sp³-hybridized carbons (Fsp3) is 0.286. The number of hydrazone groups is 1. The van der Waals surface area contributed by atoms with Crippen molar-refractivity contribution in [3.05, 3.63) is 79.8 Å². The van der Waals surface area contributed by atoms with Gasteiger partial charge in [-0.25, -0.2) is 5.43 Å². The van der Waals surface area contributed by atoms with Gasteiger partial charge >= 0.3 is 11.9 Å². The largest absolute Gasteiger partial charge is 0.490 e. The molecule has 1 N–H and O–H groups in total. The van der Waals surface area contributed by atoms with Gasteiger partial charge in [-0.1, -0.05) is 6.92 Å². The zero-order chi connectivity index (χ0) is 30.9. The smallest absolute Gasteiger partial charge is 0.416 e. The van der Waals surface area contributed by atoms with Crippen LogP contribution in [-0.2, 0) is 6.18 Å². The van der Waals surface area contributed by atoms with Crippen LogP contribution < -0.4 is 24.4 Å². The molecule has 0 fully saturated rings. The summed E-state index contributed by atoms with van der Waals surface area (Å²) in [5, 5.41) is 15.5. The molecule has 0 radical (unpaired) electrons. The number of hydrogen-bond donors (Lipinski definition) is 1. The number of carbonyl (C=O) groups is 1. The van der Waals surface area contributed by atoms with Crippen LogP contribution in [-0.4, -0.2) is 36.9 Å². The van der Waals surface area contributed by atoms with Crippen LogP contribution in [0.3, 0.4) is 0 Å². The molecule has 10 nitrogen and oxygen atoms in total. The molecule has 42 heavy (non-hydrogen) atoms. The number of ether oxygens (including phenoxy) is 4. The number of nitro benzene ring substituents is 1. The lowest BCUT2D eigenvalue weighted by Crippen LogP contribution is -2.17. The number of hydrogen-bond acceptors (Lipinski definition) is 8. The highest BCUT2D eigenvalue weighted by Gasteiger charge is 2.33. The number of amides is 1. The van der Waals surface area contributed by atoms with Crippen molar-refractivity contribution in [2.24, 2.45) is 5.10 Å². The SMILES string of the molecule is CCCOc1ccc(C(=O)N/N=C/c2cc(Br)c(Oc3ccc(C(F)(F)F)cc3[N+](=O)[O-])c(OCC)c2)cc1OCC. The standard InChI is InChI=1S/C28H27BrF3N3O7/c1-4-11-41-23-9-7-18(14-24(23)39-5-2)27(36)34-33-16-17-12-20(29)26(25(13-17)40-6-3)42-22-10-8-19(28(30,31)32)15-21(22)35(37)38/h7-10,12-16H,4-6,11H2,1-3H3,(H,34,36)/b33-16+. The Labute approximate surface area is 247 Å². The van der Waals surface area contributed by atoms with Gasteiger partial charge in [0.1, 0.15) is 0 Å². The topological polar surface area (TPSA) is 122 Å². The van der Waals surface area contributed by atoms with E-state index in [1.165, 1.54) is 18.3 Å². The first-order valence-electron chi connectivity index (χ1n) is 12.7. The van der Waals surface area contributed by atoms with Crippen molar-refractivity contribution in [2.75, 3.05) is 19.8 Å². The Hall–Kier alpha value is -4.33. The van der Waals surface area contributed by atoms with E-state index in [0.717, 1.165) is 12.5 Å². The van der Waals surface area contributed by atoms with Crippen molar-refractivity contribution < 1.29 is 41.8 Å². The molecule has 0 unspecified atom stereocenters. The molecule has 14 heteroatoms. The van der Waals surface area contributed by atoms with Crippen LogP contribution in [0.2, 0.25) is 0 Å². The third-order valence-corrected chi connectivity index (χ3v) is 5.96. The highest BCUT2D eigenvalue weighted by molar-refractivity contribution is 9.10. The van der Waals surface area contributed by atoms with E-state index in [9.17, 15) is 28.1 Å². The Morgan fingerprint density at radius 3 is 2.31 bits per heavy atom. The summed E-state index contributed by atoms with van der Waals surface area (Å²) in [7, 11) is 0. The highest BCUT2D eigenvalue weighted by Crippen LogP contribution is 2.43. The molecule has 0 spiro atoms. The van der Waals surface area contributed by atoms with E-state index in [0.29, 0.717) is 42.4 Å². The molecule has 224 valence electrons. The Morgan fingerprint density at radius 1 is 0.976 bits per heavy atom. The quantitative estimate of drug-likeness (QED) is 0.115. The Bertz CT molecular complexity index is 1470. The first-order chi connectivity index (χ1) is 20.0. The van der Waals surface area contributed by atoms with Crippen LogP contribution in [0.5, 0.6) is 28.7 Å². The fourth-order valence-corrected chi connectivity index (χ4v) is 4.08. The van der Waals surface area contributed by atoms with E-state index in [4.69, 9.17) is 18.9 Å². The number of nitro groups is 1. The van der Waals surface area contributed by atoms with E-state index in [2.05, 4.69) is 26.5 Å². The van der Waals surface area contributed by atoms with Gasteiger partial charge in [0, 0.05) is 11.6 Å². The van der Waals surface area contributed by atoms with Crippen LogP contribution in [0.4, 0.5) is 18.9 Å². The first-order valence-corrected chi connectivity index (χ1v) is 13.5.